The standard InChI is InChI=1S/C15H22N2O3S/c1-9-5-4-6-17(13(9)14(18)19)15(20)16-8-12-7-10(2)11(3)21-12/h7,9,13H,4-6,8H2,1-3H3,(H,16,20)(H,18,19). The van der Waals surface area contributed by atoms with Crippen LogP contribution in [-0.4, -0.2) is 34.6 Å². The summed E-state index contributed by atoms with van der Waals surface area (Å²) in [7, 11) is 0. The Labute approximate surface area is 129 Å². The molecule has 116 valence electrons. The van der Waals surface area contributed by atoms with Crippen molar-refractivity contribution in [3.8, 4) is 0 Å². The van der Waals surface area contributed by atoms with Crippen LogP contribution in [0.3, 0.4) is 0 Å². The summed E-state index contributed by atoms with van der Waals surface area (Å²) in [6.45, 7) is 6.96. The van der Waals surface area contributed by atoms with Gasteiger partial charge in [-0.3, -0.25) is 0 Å². The van der Waals surface area contributed by atoms with Crippen molar-refractivity contribution in [3.05, 3.63) is 21.4 Å². The molecule has 0 aliphatic carbocycles. The van der Waals surface area contributed by atoms with Crippen molar-refractivity contribution in [1.82, 2.24) is 10.2 Å². The molecule has 0 saturated carbocycles. The SMILES string of the molecule is Cc1cc(CNC(=O)N2CCCC(C)C2C(=O)O)sc1C. The minimum Gasteiger partial charge on any atom is -0.480 e. The summed E-state index contributed by atoms with van der Waals surface area (Å²) in [6, 6.07) is 1.07. The van der Waals surface area contributed by atoms with Gasteiger partial charge in [0.25, 0.3) is 0 Å². The molecule has 1 fully saturated rings. The summed E-state index contributed by atoms with van der Waals surface area (Å²) in [5.41, 5.74) is 1.22. The number of nitrogens with one attached hydrogen (secondary N) is 1. The summed E-state index contributed by atoms with van der Waals surface area (Å²) in [5, 5.41) is 12.2. The Morgan fingerprint density at radius 1 is 1.48 bits per heavy atom. The molecule has 5 nitrogen and oxygen atoms in total. The van der Waals surface area contributed by atoms with Crippen molar-refractivity contribution < 1.29 is 14.7 Å². The predicted octanol–water partition coefficient (Wildman–Crippen LogP) is 2.76. The number of hydrogen-bond acceptors (Lipinski definition) is 3. The molecular weight excluding hydrogens is 288 g/mol. The van der Waals surface area contributed by atoms with Crippen LogP contribution in [0.2, 0.25) is 0 Å². The topological polar surface area (TPSA) is 69.6 Å². The van der Waals surface area contributed by atoms with E-state index < -0.39 is 12.0 Å². The fraction of sp³-hybridized carbons (Fsp3) is 0.600. The van der Waals surface area contributed by atoms with Crippen LogP contribution in [0.25, 0.3) is 0 Å². The lowest BCUT2D eigenvalue weighted by Gasteiger charge is -2.37. The maximum Gasteiger partial charge on any atom is 0.326 e. The third-order valence-corrected chi connectivity index (χ3v) is 5.23. The zero-order valence-corrected chi connectivity index (χ0v) is 13.5. The van der Waals surface area contributed by atoms with E-state index in [2.05, 4.69) is 18.3 Å². The van der Waals surface area contributed by atoms with Crippen LogP contribution in [-0.2, 0) is 11.3 Å². The Balaban J connectivity index is 1.99. The van der Waals surface area contributed by atoms with E-state index >= 15 is 0 Å². The lowest BCUT2D eigenvalue weighted by molar-refractivity contribution is -0.145. The number of urea groups is 1. The van der Waals surface area contributed by atoms with Crippen LogP contribution in [0.15, 0.2) is 6.07 Å². The van der Waals surface area contributed by atoms with E-state index in [9.17, 15) is 14.7 Å². The Hall–Kier alpha value is -1.56. The first-order valence-electron chi connectivity index (χ1n) is 7.23. The zero-order valence-electron chi connectivity index (χ0n) is 12.7. The lowest BCUT2D eigenvalue weighted by Crippen LogP contribution is -2.54. The second-order valence-corrected chi connectivity index (χ2v) is 7.05. The fourth-order valence-corrected chi connectivity index (χ4v) is 3.79. The minimum absolute atomic E-state index is 0.00627. The quantitative estimate of drug-likeness (QED) is 0.902. The third kappa shape index (κ3) is 3.56. The first-order chi connectivity index (χ1) is 9.90. The number of carboxylic acids is 1. The van der Waals surface area contributed by atoms with Gasteiger partial charge in [0.1, 0.15) is 6.04 Å². The van der Waals surface area contributed by atoms with Crippen molar-refractivity contribution in [2.24, 2.45) is 5.92 Å². The van der Waals surface area contributed by atoms with Gasteiger partial charge in [-0.05, 0) is 44.2 Å². The Bertz CT molecular complexity index is 522. The van der Waals surface area contributed by atoms with Crippen molar-refractivity contribution in [2.75, 3.05) is 6.54 Å². The molecule has 1 saturated heterocycles. The molecule has 1 aliphatic rings. The molecule has 1 aromatic rings. The number of aryl methyl sites for hydroxylation is 2. The molecule has 2 heterocycles. The number of carboxylic acid groups (broad SMARTS) is 1. The molecule has 21 heavy (non-hydrogen) atoms. The van der Waals surface area contributed by atoms with Gasteiger partial charge < -0.3 is 15.3 Å². The molecular formula is C15H22N2O3S. The van der Waals surface area contributed by atoms with E-state index in [0.29, 0.717) is 13.1 Å². The molecule has 2 unspecified atom stereocenters. The molecule has 0 radical (unpaired) electrons. The first-order valence-corrected chi connectivity index (χ1v) is 8.05. The Morgan fingerprint density at radius 3 is 2.76 bits per heavy atom. The fourth-order valence-electron chi connectivity index (χ4n) is 2.79. The van der Waals surface area contributed by atoms with Crippen molar-refractivity contribution in [1.29, 1.82) is 0 Å². The van der Waals surface area contributed by atoms with Crippen LogP contribution in [0.5, 0.6) is 0 Å². The van der Waals surface area contributed by atoms with Gasteiger partial charge in [-0.1, -0.05) is 6.92 Å². The monoisotopic (exact) mass is 310 g/mol. The number of hydrogen-bond donors (Lipinski definition) is 2. The maximum absolute atomic E-state index is 12.3. The lowest BCUT2D eigenvalue weighted by atomic mass is 9.91. The number of carbonyl (C=O) groups is 2. The highest BCUT2D eigenvalue weighted by molar-refractivity contribution is 7.12. The second-order valence-electron chi connectivity index (χ2n) is 5.71. The van der Waals surface area contributed by atoms with E-state index in [0.717, 1.165) is 17.7 Å². The molecule has 1 aliphatic heterocycles. The number of likely N-dealkylation sites (tertiary alicyclic amines) is 1. The normalized spacial score (nSPS) is 22.1. The van der Waals surface area contributed by atoms with E-state index in [1.165, 1.54) is 15.3 Å². The van der Waals surface area contributed by atoms with Crippen LogP contribution < -0.4 is 5.32 Å². The highest BCUT2D eigenvalue weighted by Crippen LogP contribution is 2.24. The molecule has 2 amide bonds. The summed E-state index contributed by atoms with van der Waals surface area (Å²) in [6.07, 6.45) is 1.71. The Kier molecular flexibility index (Phi) is 4.88. The Morgan fingerprint density at radius 2 is 2.19 bits per heavy atom. The van der Waals surface area contributed by atoms with E-state index in [1.54, 1.807) is 11.3 Å². The van der Waals surface area contributed by atoms with Crippen molar-refractivity contribution >= 4 is 23.3 Å². The van der Waals surface area contributed by atoms with Gasteiger partial charge in [0, 0.05) is 16.3 Å². The summed E-state index contributed by atoms with van der Waals surface area (Å²) < 4.78 is 0. The highest BCUT2D eigenvalue weighted by atomic mass is 32.1. The van der Waals surface area contributed by atoms with Crippen LogP contribution in [0.4, 0.5) is 4.79 Å². The molecule has 0 bridgehead atoms. The molecule has 2 atom stereocenters. The average molecular weight is 310 g/mol. The molecule has 0 spiro atoms. The molecule has 2 N–H and O–H groups in total. The van der Waals surface area contributed by atoms with Crippen molar-refractivity contribution in [2.45, 2.75) is 46.2 Å². The third-order valence-electron chi connectivity index (χ3n) is 4.08. The number of carbonyl (C=O) groups excluding carboxylic acids is 1. The number of rotatable bonds is 3. The number of nitrogens with zero attached hydrogens (tertiary/aromatic N) is 1. The zero-order chi connectivity index (χ0) is 15.6. The van der Waals surface area contributed by atoms with E-state index in [-0.39, 0.29) is 11.9 Å². The van der Waals surface area contributed by atoms with Gasteiger partial charge in [0.05, 0.1) is 6.54 Å². The number of thiophene rings is 1. The summed E-state index contributed by atoms with van der Waals surface area (Å²) >= 11 is 1.66. The van der Waals surface area contributed by atoms with Crippen LogP contribution in [0.1, 0.15) is 35.1 Å². The number of aliphatic carboxylic acids is 1. The summed E-state index contributed by atoms with van der Waals surface area (Å²) in [4.78, 5) is 27.5. The first kappa shape index (κ1) is 15.8. The van der Waals surface area contributed by atoms with Crippen molar-refractivity contribution in [3.63, 3.8) is 0 Å². The van der Waals surface area contributed by atoms with Crippen LogP contribution >= 0.6 is 11.3 Å². The van der Waals surface area contributed by atoms with Gasteiger partial charge in [-0.2, -0.15) is 0 Å². The van der Waals surface area contributed by atoms with E-state index in [4.69, 9.17) is 0 Å². The predicted molar refractivity (Wildman–Crippen MR) is 82.6 cm³/mol. The summed E-state index contributed by atoms with van der Waals surface area (Å²) in [5.74, 6) is -0.923. The maximum atomic E-state index is 12.3. The van der Waals surface area contributed by atoms with Gasteiger partial charge in [-0.25, -0.2) is 9.59 Å². The second kappa shape index (κ2) is 6.47. The largest absolute Gasteiger partial charge is 0.480 e. The smallest absolute Gasteiger partial charge is 0.326 e. The van der Waals surface area contributed by atoms with Gasteiger partial charge in [-0.15, -0.1) is 11.3 Å². The van der Waals surface area contributed by atoms with Gasteiger partial charge in [0.2, 0.25) is 0 Å². The number of piperidine rings is 1. The highest BCUT2D eigenvalue weighted by Gasteiger charge is 2.36. The van der Waals surface area contributed by atoms with Gasteiger partial charge >= 0.3 is 12.0 Å². The molecule has 2 rings (SSSR count). The molecule has 6 heteroatoms. The van der Waals surface area contributed by atoms with Gasteiger partial charge in [0.15, 0.2) is 0 Å². The van der Waals surface area contributed by atoms with Crippen LogP contribution in [0, 0.1) is 19.8 Å². The average Bonchev–Trinajstić information content (AvgIpc) is 2.74. The molecule has 1 aromatic heterocycles. The minimum atomic E-state index is -0.917. The van der Waals surface area contributed by atoms with E-state index in [1.807, 2.05) is 13.8 Å². The number of amides is 2. The molecule has 0 aromatic carbocycles.